The molecule has 0 saturated carbocycles. The molecule has 2 fully saturated rings. The lowest BCUT2D eigenvalue weighted by Crippen LogP contribution is -2.44. The van der Waals surface area contributed by atoms with E-state index in [-0.39, 0.29) is 0 Å². The molecule has 0 aromatic heterocycles. The van der Waals surface area contributed by atoms with Crippen molar-refractivity contribution in [1.29, 1.82) is 0 Å². The Bertz CT molecular complexity index is 177. The highest BCUT2D eigenvalue weighted by Gasteiger charge is 2.25. The molecule has 2 saturated heterocycles. The van der Waals surface area contributed by atoms with Crippen LogP contribution in [-0.4, -0.2) is 36.6 Å². The maximum Gasteiger partial charge on any atom is 0.00697 e. The second-order valence-electron chi connectivity index (χ2n) is 5.51. The summed E-state index contributed by atoms with van der Waals surface area (Å²) in [6, 6.07) is 1.64. The van der Waals surface area contributed by atoms with E-state index in [0.717, 1.165) is 18.0 Å². The first-order valence-corrected chi connectivity index (χ1v) is 6.74. The van der Waals surface area contributed by atoms with E-state index in [4.69, 9.17) is 0 Å². The first-order chi connectivity index (χ1) is 7.27. The second-order valence-corrected chi connectivity index (χ2v) is 5.51. The smallest absolute Gasteiger partial charge is 0.00697 e. The van der Waals surface area contributed by atoms with Gasteiger partial charge in [-0.2, -0.15) is 0 Å². The molecular weight excluding hydrogens is 184 g/mol. The highest BCUT2D eigenvalue weighted by molar-refractivity contribution is 4.81. The molecule has 2 aliphatic heterocycles. The molecule has 0 amide bonds. The maximum absolute atomic E-state index is 3.46. The summed E-state index contributed by atoms with van der Waals surface area (Å²) in [5.74, 6) is 0.950. The highest BCUT2D eigenvalue weighted by Crippen LogP contribution is 2.24. The van der Waals surface area contributed by atoms with Crippen LogP contribution in [0.5, 0.6) is 0 Å². The fourth-order valence-corrected chi connectivity index (χ4v) is 3.21. The Morgan fingerprint density at radius 1 is 1.13 bits per heavy atom. The summed E-state index contributed by atoms with van der Waals surface area (Å²) in [6.45, 7) is 8.65. The third-order valence-corrected chi connectivity index (χ3v) is 4.33. The molecular formula is C13H26N2. The molecule has 0 bridgehead atoms. The van der Waals surface area contributed by atoms with Gasteiger partial charge in [0.05, 0.1) is 0 Å². The van der Waals surface area contributed by atoms with Crippen LogP contribution >= 0.6 is 0 Å². The van der Waals surface area contributed by atoms with Crippen molar-refractivity contribution in [2.75, 3.05) is 19.6 Å². The van der Waals surface area contributed by atoms with E-state index in [9.17, 15) is 0 Å². The Labute approximate surface area is 94.4 Å². The van der Waals surface area contributed by atoms with Crippen LogP contribution in [0.3, 0.4) is 0 Å². The normalized spacial score (nSPS) is 38.4. The molecule has 3 atom stereocenters. The third kappa shape index (κ3) is 2.94. The zero-order valence-corrected chi connectivity index (χ0v) is 10.3. The Kier molecular flexibility index (Phi) is 4.04. The number of piperidine rings is 1. The van der Waals surface area contributed by atoms with Crippen LogP contribution in [0.2, 0.25) is 0 Å². The average Bonchev–Trinajstić information content (AvgIpc) is 2.70. The molecule has 2 aliphatic rings. The van der Waals surface area contributed by atoms with Crippen LogP contribution in [0.25, 0.3) is 0 Å². The standard InChI is InChI=1S/C13H26N2/c1-11-4-3-5-12(2)15(11)9-7-13-6-8-14-10-13/h11-14H,3-10H2,1-2H3/t11-,12+,13?. The maximum atomic E-state index is 3.46. The Morgan fingerprint density at radius 3 is 2.47 bits per heavy atom. The van der Waals surface area contributed by atoms with Crippen molar-refractivity contribution in [1.82, 2.24) is 10.2 Å². The average molecular weight is 210 g/mol. The van der Waals surface area contributed by atoms with Gasteiger partial charge in [-0.3, -0.25) is 4.90 Å². The quantitative estimate of drug-likeness (QED) is 0.768. The van der Waals surface area contributed by atoms with E-state index in [2.05, 4.69) is 24.1 Å². The molecule has 2 nitrogen and oxygen atoms in total. The number of nitrogens with zero attached hydrogens (tertiary/aromatic N) is 1. The van der Waals surface area contributed by atoms with Crippen molar-refractivity contribution in [3.8, 4) is 0 Å². The summed E-state index contributed by atoms with van der Waals surface area (Å²) in [6.07, 6.45) is 7.06. The van der Waals surface area contributed by atoms with Gasteiger partial charge in [-0.05, 0) is 65.1 Å². The van der Waals surface area contributed by atoms with Crippen molar-refractivity contribution >= 4 is 0 Å². The SMILES string of the molecule is C[C@@H]1CCC[C@H](C)N1CCC1CCNC1. The largest absolute Gasteiger partial charge is 0.316 e. The minimum Gasteiger partial charge on any atom is -0.316 e. The molecule has 0 aromatic carbocycles. The van der Waals surface area contributed by atoms with Crippen LogP contribution < -0.4 is 5.32 Å². The van der Waals surface area contributed by atoms with Gasteiger partial charge in [-0.15, -0.1) is 0 Å². The van der Waals surface area contributed by atoms with E-state index < -0.39 is 0 Å². The van der Waals surface area contributed by atoms with Gasteiger partial charge in [-0.25, -0.2) is 0 Å². The van der Waals surface area contributed by atoms with E-state index in [1.165, 1.54) is 51.7 Å². The molecule has 0 spiro atoms. The fraction of sp³-hybridized carbons (Fsp3) is 1.00. The second kappa shape index (κ2) is 5.31. The van der Waals surface area contributed by atoms with Gasteiger partial charge in [0.15, 0.2) is 0 Å². The minimum absolute atomic E-state index is 0.822. The monoisotopic (exact) mass is 210 g/mol. The molecule has 2 heterocycles. The Hall–Kier alpha value is -0.0800. The summed E-state index contributed by atoms with van der Waals surface area (Å²) in [5.41, 5.74) is 0. The van der Waals surface area contributed by atoms with E-state index >= 15 is 0 Å². The van der Waals surface area contributed by atoms with Crippen LogP contribution in [0.15, 0.2) is 0 Å². The van der Waals surface area contributed by atoms with Crippen LogP contribution in [-0.2, 0) is 0 Å². The van der Waals surface area contributed by atoms with Crippen LogP contribution in [0.1, 0.15) is 46.0 Å². The lowest BCUT2D eigenvalue weighted by atomic mass is 9.96. The van der Waals surface area contributed by atoms with Gasteiger partial charge < -0.3 is 5.32 Å². The van der Waals surface area contributed by atoms with E-state index in [1.54, 1.807) is 0 Å². The van der Waals surface area contributed by atoms with Crippen molar-refractivity contribution in [2.45, 2.75) is 58.0 Å². The highest BCUT2D eigenvalue weighted by atomic mass is 15.2. The van der Waals surface area contributed by atoms with E-state index in [1.807, 2.05) is 0 Å². The summed E-state index contributed by atoms with van der Waals surface area (Å²) >= 11 is 0. The number of hydrogen-bond donors (Lipinski definition) is 1. The third-order valence-electron chi connectivity index (χ3n) is 4.33. The number of rotatable bonds is 3. The van der Waals surface area contributed by atoms with Crippen molar-refractivity contribution < 1.29 is 0 Å². The Morgan fingerprint density at radius 2 is 1.87 bits per heavy atom. The Balaban J connectivity index is 1.75. The molecule has 1 unspecified atom stereocenters. The lowest BCUT2D eigenvalue weighted by Gasteiger charge is -2.39. The van der Waals surface area contributed by atoms with Gasteiger partial charge in [0.1, 0.15) is 0 Å². The first kappa shape index (κ1) is 11.4. The molecule has 2 heteroatoms. The van der Waals surface area contributed by atoms with Crippen molar-refractivity contribution in [3.63, 3.8) is 0 Å². The zero-order chi connectivity index (χ0) is 10.7. The number of hydrogen-bond acceptors (Lipinski definition) is 2. The number of likely N-dealkylation sites (tertiary alicyclic amines) is 1. The van der Waals surface area contributed by atoms with Crippen molar-refractivity contribution in [2.24, 2.45) is 5.92 Å². The summed E-state index contributed by atoms with van der Waals surface area (Å²) in [7, 11) is 0. The van der Waals surface area contributed by atoms with Gasteiger partial charge in [0, 0.05) is 12.1 Å². The lowest BCUT2D eigenvalue weighted by molar-refractivity contribution is 0.0969. The van der Waals surface area contributed by atoms with Gasteiger partial charge >= 0.3 is 0 Å². The van der Waals surface area contributed by atoms with Gasteiger partial charge in [0.25, 0.3) is 0 Å². The minimum atomic E-state index is 0.822. The molecule has 0 aromatic rings. The fourth-order valence-electron chi connectivity index (χ4n) is 3.21. The molecule has 0 radical (unpaired) electrons. The van der Waals surface area contributed by atoms with Crippen molar-refractivity contribution in [3.05, 3.63) is 0 Å². The molecule has 88 valence electrons. The molecule has 0 aliphatic carbocycles. The van der Waals surface area contributed by atoms with Crippen LogP contribution in [0.4, 0.5) is 0 Å². The topological polar surface area (TPSA) is 15.3 Å². The summed E-state index contributed by atoms with van der Waals surface area (Å²) in [5, 5.41) is 3.46. The van der Waals surface area contributed by atoms with Gasteiger partial charge in [0.2, 0.25) is 0 Å². The van der Waals surface area contributed by atoms with Gasteiger partial charge in [-0.1, -0.05) is 6.42 Å². The first-order valence-electron chi connectivity index (χ1n) is 6.74. The van der Waals surface area contributed by atoms with Crippen LogP contribution in [0, 0.1) is 5.92 Å². The molecule has 2 rings (SSSR count). The molecule has 1 N–H and O–H groups in total. The predicted molar refractivity (Wildman–Crippen MR) is 65.1 cm³/mol. The summed E-state index contributed by atoms with van der Waals surface area (Å²) < 4.78 is 0. The zero-order valence-electron chi connectivity index (χ0n) is 10.3. The predicted octanol–water partition coefficient (Wildman–Crippen LogP) is 2.25. The molecule has 15 heavy (non-hydrogen) atoms. The number of nitrogens with one attached hydrogen (secondary N) is 1. The van der Waals surface area contributed by atoms with E-state index in [0.29, 0.717) is 0 Å². The summed E-state index contributed by atoms with van der Waals surface area (Å²) in [4.78, 5) is 2.74.